The molecule has 0 spiro atoms. The van der Waals surface area contributed by atoms with Crippen LogP contribution in [0.15, 0.2) is 23.1 Å². The highest BCUT2D eigenvalue weighted by atomic mass is 16.3. The Balaban J connectivity index is 1.90. The number of nitrogens with zero attached hydrogens (tertiary/aromatic N) is 1. The normalized spacial score (nSPS) is 15.1. The molecule has 1 aromatic rings. The van der Waals surface area contributed by atoms with Gasteiger partial charge in [0.15, 0.2) is 0 Å². The molecule has 2 N–H and O–H groups in total. The molecule has 0 bridgehead atoms. The first kappa shape index (κ1) is 14.3. The van der Waals surface area contributed by atoms with Gasteiger partial charge in [0.2, 0.25) is 0 Å². The molecule has 106 valence electrons. The maximum Gasteiger partial charge on any atom is 0.118 e. The van der Waals surface area contributed by atoms with Crippen molar-refractivity contribution in [3.63, 3.8) is 0 Å². The highest BCUT2D eigenvalue weighted by Gasteiger charge is 2.21. The van der Waals surface area contributed by atoms with Crippen molar-refractivity contribution in [2.45, 2.75) is 38.9 Å². The van der Waals surface area contributed by atoms with Gasteiger partial charge in [-0.15, -0.1) is 6.58 Å². The Morgan fingerprint density at radius 3 is 3.00 bits per heavy atom. The minimum absolute atomic E-state index is 0.156. The summed E-state index contributed by atoms with van der Waals surface area (Å²) >= 11 is 0. The third-order valence-corrected chi connectivity index (χ3v) is 3.41. The molecule has 1 saturated carbocycles. The SMILES string of the molecule is C=CCN(CCO)Cc1cc(CNC2CC2)c(C)o1. The second-order valence-electron chi connectivity index (χ2n) is 5.20. The second kappa shape index (κ2) is 6.89. The van der Waals surface area contributed by atoms with Crippen LogP contribution in [0.4, 0.5) is 0 Å². The average molecular weight is 264 g/mol. The van der Waals surface area contributed by atoms with Gasteiger partial charge < -0.3 is 14.8 Å². The van der Waals surface area contributed by atoms with Gasteiger partial charge >= 0.3 is 0 Å². The summed E-state index contributed by atoms with van der Waals surface area (Å²) in [6.45, 7) is 8.92. The van der Waals surface area contributed by atoms with Gasteiger partial charge in [0.25, 0.3) is 0 Å². The molecule has 0 aliphatic heterocycles. The molecule has 1 heterocycles. The number of hydrogen-bond acceptors (Lipinski definition) is 4. The van der Waals surface area contributed by atoms with E-state index in [2.05, 4.69) is 22.9 Å². The first-order valence-electron chi connectivity index (χ1n) is 6.98. The zero-order valence-corrected chi connectivity index (χ0v) is 11.7. The summed E-state index contributed by atoms with van der Waals surface area (Å²) in [7, 11) is 0. The second-order valence-corrected chi connectivity index (χ2v) is 5.20. The topological polar surface area (TPSA) is 48.6 Å². The standard InChI is InChI=1S/C15H24N2O2/c1-3-6-17(7-8-18)11-15-9-13(12(2)19-15)10-16-14-4-5-14/h3,9,14,16,18H,1,4-8,10-11H2,2H3. The third-order valence-electron chi connectivity index (χ3n) is 3.41. The molecule has 4 heteroatoms. The van der Waals surface area contributed by atoms with Gasteiger partial charge in [-0.05, 0) is 25.8 Å². The summed E-state index contributed by atoms with van der Waals surface area (Å²) in [4.78, 5) is 2.11. The molecule has 19 heavy (non-hydrogen) atoms. The minimum atomic E-state index is 0.156. The van der Waals surface area contributed by atoms with Crippen LogP contribution in [0.2, 0.25) is 0 Å². The van der Waals surface area contributed by atoms with Crippen molar-refractivity contribution in [1.29, 1.82) is 0 Å². The average Bonchev–Trinajstić information content (AvgIpc) is 3.13. The summed E-state index contributed by atoms with van der Waals surface area (Å²) in [6.07, 6.45) is 4.45. The molecular formula is C15H24N2O2. The van der Waals surface area contributed by atoms with E-state index in [1.807, 2.05) is 13.0 Å². The Labute approximate surface area is 115 Å². The fraction of sp³-hybridized carbons (Fsp3) is 0.600. The molecule has 0 atom stereocenters. The van der Waals surface area contributed by atoms with Gasteiger partial charge in [0.05, 0.1) is 13.2 Å². The van der Waals surface area contributed by atoms with Crippen LogP contribution < -0.4 is 5.32 Å². The van der Waals surface area contributed by atoms with Gasteiger partial charge in [-0.2, -0.15) is 0 Å². The molecule has 1 aromatic heterocycles. The largest absolute Gasteiger partial charge is 0.465 e. The van der Waals surface area contributed by atoms with E-state index in [0.717, 1.165) is 31.2 Å². The zero-order chi connectivity index (χ0) is 13.7. The van der Waals surface area contributed by atoms with Crippen LogP contribution >= 0.6 is 0 Å². The van der Waals surface area contributed by atoms with Crippen LogP contribution in [0, 0.1) is 6.92 Å². The van der Waals surface area contributed by atoms with Crippen LogP contribution in [0.25, 0.3) is 0 Å². The number of aryl methyl sites for hydroxylation is 1. The van der Waals surface area contributed by atoms with Crippen molar-refractivity contribution in [3.8, 4) is 0 Å². The Kier molecular flexibility index (Phi) is 5.19. The van der Waals surface area contributed by atoms with Crippen molar-refractivity contribution in [2.24, 2.45) is 0 Å². The predicted octanol–water partition coefficient (Wildman–Crippen LogP) is 1.82. The van der Waals surface area contributed by atoms with Gasteiger partial charge in [-0.3, -0.25) is 4.90 Å². The lowest BCUT2D eigenvalue weighted by atomic mass is 10.2. The van der Waals surface area contributed by atoms with Gasteiger partial charge in [-0.25, -0.2) is 0 Å². The van der Waals surface area contributed by atoms with Crippen LogP contribution in [-0.2, 0) is 13.1 Å². The molecular weight excluding hydrogens is 240 g/mol. The predicted molar refractivity (Wildman–Crippen MR) is 75.9 cm³/mol. The lowest BCUT2D eigenvalue weighted by molar-refractivity contribution is 0.193. The molecule has 0 radical (unpaired) electrons. The molecule has 4 nitrogen and oxygen atoms in total. The fourth-order valence-corrected chi connectivity index (χ4v) is 2.16. The molecule has 0 saturated heterocycles. The number of rotatable bonds is 9. The Bertz CT molecular complexity index is 410. The van der Waals surface area contributed by atoms with Crippen molar-refractivity contribution < 1.29 is 9.52 Å². The molecule has 1 aliphatic rings. The lowest BCUT2D eigenvalue weighted by Crippen LogP contribution is -2.26. The summed E-state index contributed by atoms with van der Waals surface area (Å²) in [5, 5.41) is 12.5. The number of hydrogen-bond donors (Lipinski definition) is 2. The summed E-state index contributed by atoms with van der Waals surface area (Å²) in [5.74, 6) is 1.95. The lowest BCUT2D eigenvalue weighted by Gasteiger charge is -2.17. The van der Waals surface area contributed by atoms with Crippen molar-refractivity contribution >= 4 is 0 Å². The van der Waals surface area contributed by atoms with Crippen LogP contribution in [0.1, 0.15) is 29.9 Å². The minimum Gasteiger partial charge on any atom is -0.465 e. The van der Waals surface area contributed by atoms with E-state index < -0.39 is 0 Å². The number of nitrogens with one attached hydrogen (secondary N) is 1. The maximum absolute atomic E-state index is 9.04. The summed E-state index contributed by atoms with van der Waals surface area (Å²) in [6, 6.07) is 2.84. The molecule has 0 amide bonds. The Morgan fingerprint density at radius 2 is 2.37 bits per heavy atom. The molecule has 0 aromatic carbocycles. The zero-order valence-electron chi connectivity index (χ0n) is 11.7. The summed E-state index contributed by atoms with van der Waals surface area (Å²) in [5.41, 5.74) is 1.24. The quantitative estimate of drug-likeness (QED) is 0.668. The van der Waals surface area contributed by atoms with Crippen LogP contribution in [0.5, 0.6) is 0 Å². The number of aliphatic hydroxyl groups excluding tert-OH is 1. The van der Waals surface area contributed by atoms with Gasteiger partial charge in [-0.1, -0.05) is 6.08 Å². The van der Waals surface area contributed by atoms with E-state index in [1.54, 1.807) is 0 Å². The van der Waals surface area contributed by atoms with E-state index in [1.165, 1.54) is 18.4 Å². The maximum atomic E-state index is 9.04. The smallest absolute Gasteiger partial charge is 0.118 e. The molecule has 2 rings (SSSR count). The monoisotopic (exact) mass is 264 g/mol. The van der Waals surface area contributed by atoms with E-state index in [4.69, 9.17) is 9.52 Å². The van der Waals surface area contributed by atoms with Gasteiger partial charge in [0, 0.05) is 31.2 Å². The Hall–Kier alpha value is -1.10. The molecule has 1 fully saturated rings. The summed E-state index contributed by atoms with van der Waals surface area (Å²) < 4.78 is 5.79. The first-order chi connectivity index (χ1) is 9.22. The van der Waals surface area contributed by atoms with E-state index >= 15 is 0 Å². The third kappa shape index (κ3) is 4.49. The number of aliphatic hydroxyl groups is 1. The van der Waals surface area contributed by atoms with Crippen molar-refractivity contribution in [2.75, 3.05) is 19.7 Å². The van der Waals surface area contributed by atoms with Crippen molar-refractivity contribution in [1.82, 2.24) is 10.2 Å². The first-order valence-corrected chi connectivity index (χ1v) is 6.98. The van der Waals surface area contributed by atoms with Crippen LogP contribution in [-0.4, -0.2) is 35.7 Å². The number of furan rings is 1. The highest BCUT2D eigenvalue weighted by Crippen LogP contribution is 2.21. The fourth-order valence-electron chi connectivity index (χ4n) is 2.16. The van der Waals surface area contributed by atoms with E-state index in [0.29, 0.717) is 12.6 Å². The Morgan fingerprint density at radius 1 is 1.58 bits per heavy atom. The molecule has 1 aliphatic carbocycles. The highest BCUT2D eigenvalue weighted by molar-refractivity contribution is 5.21. The van der Waals surface area contributed by atoms with Crippen LogP contribution in [0.3, 0.4) is 0 Å². The van der Waals surface area contributed by atoms with E-state index in [-0.39, 0.29) is 6.61 Å². The van der Waals surface area contributed by atoms with Crippen molar-refractivity contribution in [3.05, 3.63) is 35.8 Å². The van der Waals surface area contributed by atoms with E-state index in [9.17, 15) is 0 Å². The van der Waals surface area contributed by atoms with Gasteiger partial charge in [0.1, 0.15) is 11.5 Å². The molecule has 0 unspecified atom stereocenters.